The van der Waals surface area contributed by atoms with Gasteiger partial charge in [-0.2, -0.15) is 0 Å². The molecule has 8 heteroatoms. The summed E-state index contributed by atoms with van der Waals surface area (Å²) in [4.78, 5) is 31.9. The van der Waals surface area contributed by atoms with Crippen molar-refractivity contribution in [1.82, 2.24) is 4.57 Å². The molecule has 3 aromatic carbocycles. The third-order valence-electron chi connectivity index (χ3n) is 6.35. The number of allylic oxidation sites excluding steroid dienone is 1. The predicted octanol–water partition coefficient (Wildman–Crippen LogP) is 4.39. The lowest BCUT2D eigenvalue weighted by atomic mass is 9.96. The number of hydrogen-bond donors (Lipinski definition) is 0. The molecule has 1 aliphatic heterocycles. The highest BCUT2D eigenvalue weighted by Gasteiger charge is 2.33. The first-order valence-corrected chi connectivity index (χ1v) is 13.4. The molecule has 1 aliphatic rings. The Hall–Kier alpha value is -4.43. The highest BCUT2D eigenvalue weighted by atomic mass is 32.1. The Balaban J connectivity index is 1.54. The van der Waals surface area contributed by atoms with Crippen molar-refractivity contribution in [3.63, 3.8) is 0 Å². The van der Waals surface area contributed by atoms with Crippen LogP contribution < -0.4 is 24.4 Å². The summed E-state index contributed by atoms with van der Waals surface area (Å²) >= 11 is 1.28. The number of nitrogens with zero attached hydrogens (tertiary/aromatic N) is 2. The van der Waals surface area contributed by atoms with Gasteiger partial charge in [0.1, 0.15) is 6.61 Å². The van der Waals surface area contributed by atoms with Crippen molar-refractivity contribution in [3.05, 3.63) is 127 Å². The summed E-state index contributed by atoms with van der Waals surface area (Å²) in [6.45, 7) is 4.18. The topological polar surface area (TPSA) is 79.1 Å². The molecule has 1 atom stereocenters. The fourth-order valence-corrected chi connectivity index (χ4v) is 5.57. The van der Waals surface area contributed by atoms with Crippen LogP contribution in [0.3, 0.4) is 0 Å². The molecule has 0 bridgehead atoms. The molecule has 1 aromatic heterocycles. The van der Waals surface area contributed by atoms with E-state index in [-0.39, 0.29) is 12.2 Å². The van der Waals surface area contributed by atoms with E-state index in [0.29, 0.717) is 38.7 Å². The van der Waals surface area contributed by atoms with E-state index in [9.17, 15) is 9.59 Å². The van der Waals surface area contributed by atoms with Crippen molar-refractivity contribution in [2.45, 2.75) is 26.5 Å². The van der Waals surface area contributed by atoms with E-state index in [2.05, 4.69) is 4.99 Å². The van der Waals surface area contributed by atoms with Crippen LogP contribution in [0, 0.1) is 0 Å². The summed E-state index contributed by atoms with van der Waals surface area (Å²) in [7, 11) is 1.59. The van der Waals surface area contributed by atoms with Gasteiger partial charge in [0.15, 0.2) is 16.3 Å². The van der Waals surface area contributed by atoms with Gasteiger partial charge in [-0.1, -0.05) is 78.1 Å². The molecule has 0 saturated carbocycles. The first kappa shape index (κ1) is 26.2. The number of thiazole rings is 1. The number of hydrogen-bond acceptors (Lipinski definition) is 7. The van der Waals surface area contributed by atoms with E-state index in [0.717, 1.165) is 16.7 Å². The average Bonchev–Trinajstić information content (AvgIpc) is 3.26. The molecule has 0 unspecified atom stereocenters. The first-order valence-electron chi connectivity index (χ1n) is 12.6. The molecular weight excluding hydrogens is 512 g/mol. The third-order valence-corrected chi connectivity index (χ3v) is 7.34. The minimum atomic E-state index is -0.632. The molecule has 0 saturated heterocycles. The van der Waals surface area contributed by atoms with Gasteiger partial charge in [0.2, 0.25) is 0 Å². The molecule has 0 aliphatic carbocycles. The highest BCUT2D eigenvalue weighted by Crippen LogP contribution is 2.31. The van der Waals surface area contributed by atoms with Crippen molar-refractivity contribution in [2.75, 3.05) is 13.7 Å². The second-order valence-electron chi connectivity index (χ2n) is 8.90. The lowest BCUT2D eigenvalue weighted by Crippen LogP contribution is -2.39. The van der Waals surface area contributed by atoms with Gasteiger partial charge < -0.3 is 14.2 Å². The molecule has 198 valence electrons. The minimum Gasteiger partial charge on any atom is -0.493 e. The van der Waals surface area contributed by atoms with Crippen molar-refractivity contribution in [1.29, 1.82) is 0 Å². The fraction of sp³-hybridized carbons (Fsp3) is 0.194. The van der Waals surface area contributed by atoms with E-state index in [1.165, 1.54) is 11.3 Å². The standard InChI is InChI=1S/C31H28N2O5S/c1-4-37-30(35)27-20(2)32-31-33(28(27)23-13-9-6-10-14-23)29(34)26(39-31)18-22-15-16-24(25(17-22)36-3)38-19-21-11-7-5-8-12-21/h5-18,28H,4,19H2,1-3H3/b26-18-/t28-/m1/s1. The number of ether oxygens (including phenoxy) is 3. The van der Waals surface area contributed by atoms with Gasteiger partial charge in [-0.3, -0.25) is 9.36 Å². The molecule has 2 heterocycles. The zero-order valence-corrected chi connectivity index (χ0v) is 22.7. The van der Waals surface area contributed by atoms with Gasteiger partial charge in [0.25, 0.3) is 5.56 Å². The van der Waals surface area contributed by atoms with E-state index in [1.807, 2.05) is 78.9 Å². The second-order valence-corrected chi connectivity index (χ2v) is 9.91. The second kappa shape index (κ2) is 11.5. The number of benzene rings is 3. The van der Waals surface area contributed by atoms with Crippen molar-refractivity contribution < 1.29 is 19.0 Å². The molecule has 7 nitrogen and oxygen atoms in total. The fourth-order valence-electron chi connectivity index (χ4n) is 4.52. The summed E-state index contributed by atoms with van der Waals surface area (Å²) in [5.41, 5.74) is 3.31. The normalized spacial score (nSPS) is 14.9. The van der Waals surface area contributed by atoms with Crippen LogP contribution >= 0.6 is 11.3 Å². The van der Waals surface area contributed by atoms with Gasteiger partial charge in [-0.05, 0) is 48.7 Å². The molecule has 0 radical (unpaired) electrons. The molecule has 0 N–H and O–H groups in total. The Morgan fingerprint density at radius 2 is 1.74 bits per heavy atom. The SMILES string of the molecule is CCOC(=O)C1=C(C)N=c2s/c(=C\c3ccc(OCc4ccccc4)c(OC)c3)c(=O)n2[C@@H]1c1ccccc1. The van der Waals surface area contributed by atoms with Crippen molar-refractivity contribution in [2.24, 2.45) is 4.99 Å². The summed E-state index contributed by atoms with van der Waals surface area (Å²) in [5.74, 6) is 0.700. The Kier molecular flexibility index (Phi) is 7.74. The monoisotopic (exact) mass is 540 g/mol. The van der Waals surface area contributed by atoms with Crippen LogP contribution in [-0.2, 0) is 16.1 Å². The maximum absolute atomic E-state index is 13.8. The number of aromatic nitrogens is 1. The quantitative estimate of drug-likeness (QED) is 0.310. The molecule has 5 rings (SSSR count). The number of esters is 1. The lowest BCUT2D eigenvalue weighted by Gasteiger charge is -2.24. The van der Waals surface area contributed by atoms with Crippen LogP contribution in [0.15, 0.2) is 99.9 Å². The largest absolute Gasteiger partial charge is 0.493 e. The van der Waals surface area contributed by atoms with E-state index in [1.54, 1.807) is 31.6 Å². The highest BCUT2D eigenvalue weighted by molar-refractivity contribution is 7.07. The Morgan fingerprint density at radius 1 is 1.03 bits per heavy atom. The molecule has 0 spiro atoms. The van der Waals surface area contributed by atoms with Gasteiger partial charge in [0.05, 0.1) is 35.6 Å². The molecule has 39 heavy (non-hydrogen) atoms. The number of carbonyl (C=O) groups is 1. The molecule has 0 fully saturated rings. The van der Waals surface area contributed by atoms with Crippen LogP contribution in [0.1, 0.15) is 36.6 Å². The van der Waals surface area contributed by atoms with Gasteiger partial charge >= 0.3 is 5.97 Å². The van der Waals surface area contributed by atoms with Gasteiger partial charge in [0, 0.05) is 0 Å². The van der Waals surface area contributed by atoms with E-state index >= 15 is 0 Å². The number of rotatable bonds is 8. The van der Waals surface area contributed by atoms with Crippen LogP contribution in [0.5, 0.6) is 11.5 Å². The third kappa shape index (κ3) is 5.42. The summed E-state index contributed by atoms with van der Waals surface area (Å²) in [5, 5.41) is 0. The predicted molar refractivity (Wildman–Crippen MR) is 151 cm³/mol. The Bertz CT molecular complexity index is 1710. The summed E-state index contributed by atoms with van der Waals surface area (Å²) in [6, 6.07) is 24.3. The first-order chi connectivity index (χ1) is 19.0. The van der Waals surface area contributed by atoms with Gasteiger partial charge in [-0.15, -0.1) is 0 Å². The number of fused-ring (bicyclic) bond motifs is 1. The van der Waals surface area contributed by atoms with Crippen molar-refractivity contribution >= 4 is 23.4 Å². The summed E-state index contributed by atoms with van der Waals surface area (Å²) in [6.07, 6.45) is 1.80. The average molecular weight is 541 g/mol. The summed E-state index contributed by atoms with van der Waals surface area (Å²) < 4.78 is 19.0. The van der Waals surface area contributed by atoms with Crippen LogP contribution in [0.25, 0.3) is 6.08 Å². The zero-order chi connectivity index (χ0) is 27.4. The number of carbonyl (C=O) groups excluding carboxylic acids is 1. The van der Waals surface area contributed by atoms with E-state index in [4.69, 9.17) is 14.2 Å². The minimum absolute atomic E-state index is 0.231. The van der Waals surface area contributed by atoms with Gasteiger partial charge in [-0.25, -0.2) is 9.79 Å². The van der Waals surface area contributed by atoms with Crippen LogP contribution in [-0.4, -0.2) is 24.3 Å². The molecule has 4 aromatic rings. The zero-order valence-electron chi connectivity index (χ0n) is 21.9. The maximum atomic E-state index is 13.8. The number of methoxy groups -OCH3 is 1. The smallest absolute Gasteiger partial charge is 0.338 e. The van der Waals surface area contributed by atoms with Crippen LogP contribution in [0.4, 0.5) is 0 Å². The lowest BCUT2D eigenvalue weighted by molar-refractivity contribution is -0.139. The van der Waals surface area contributed by atoms with Crippen LogP contribution in [0.2, 0.25) is 0 Å². The maximum Gasteiger partial charge on any atom is 0.338 e. The van der Waals surface area contributed by atoms with Crippen molar-refractivity contribution in [3.8, 4) is 11.5 Å². The molecule has 0 amide bonds. The molecular formula is C31H28N2O5S. The Morgan fingerprint density at radius 3 is 2.44 bits per heavy atom. The van der Waals surface area contributed by atoms with E-state index < -0.39 is 12.0 Å². The Labute approximate surface area is 229 Å².